The molecule has 0 N–H and O–H groups in total. The van der Waals surface area contributed by atoms with Gasteiger partial charge in [-0.15, -0.1) is 0 Å². The van der Waals surface area contributed by atoms with Crippen LogP contribution in [0.1, 0.15) is 35.4 Å². The predicted octanol–water partition coefficient (Wildman–Crippen LogP) is 3.32. The monoisotopic (exact) mass is 185 g/mol. The molecule has 1 unspecified atom stereocenters. The molecule has 72 valence electrons. The maximum atomic E-state index is 9.12. The molecule has 0 aromatic heterocycles. The molecule has 0 saturated heterocycles. The van der Waals surface area contributed by atoms with E-state index < -0.39 is 0 Å². The lowest BCUT2D eigenvalue weighted by Gasteiger charge is -2.09. The fourth-order valence-corrected chi connectivity index (χ4v) is 2.07. The summed E-state index contributed by atoms with van der Waals surface area (Å²) in [4.78, 5) is 0. The molecule has 1 aliphatic rings. The summed E-state index contributed by atoms with van der Waals surface area (Å²) in [5, 5.41) is 9.12. The van der Waals surface area contributed by atoms with Gasteiger partial charge in [0.25, 0.3) is 0 Å². The summed E-state index contributed by atoms with van der Waals surface area (Å²) < 4.78 is 0. The van der Waals surface area contributed by atoms with E-state index in [-0.39, 0.29) is 5.92 Å². The van der Waals surface area contributed by atoms with Crippen molar-refractivity contribution in [3.8, 4) is 6.07 Å². The average molecular weight is 185 g/mol. The van der Waals surface area contributed by atoms with E-state index >= 15 is 0 Å². The van der Waals surface area contributed by atoms with Crippen molar-refractivity contribution in [1.29, 1.82) is 5.26 Å². The molecule has 0 aliphatic heterocycles. The summed E-state index contributed by atoms with van der Waals surface area (Å²) in [6, 6.07) is 8.90. The van der Waals surface area contributed by atoms with Gasteiger partial charge in [0.05, 0.1) is 12.0 Å². The zero-order valence-corrected chi connectivity index (χ0v) is 8.75. The number of hydrogen-bond donors (Lipinski definition) is 0. The Hall–Kier alpha value is -1.29. The van der Waals surface area contributed by atoms with Gasteiger partial charge < -0.3 is 0 Å². The van der Waals surface area contributed by atoms with Crippen LogP contribution < -0.4 is 0 Å². The van der Waals surface area contributed by atoms with Crippen molar-refractivity contribution in [3.05, 3.63) is 34.9 Å². The third-order valence-corrected chi connectivity index (χ3v) is 2.84. The van der Waals surface area contributed by atoms with Crippen LogP contribution in [0.3, 0.4) is 0 Å². The second-order valence-electron chi connectivity index (χ2n) is 4.37. The largest absolute Gasteiger partial charge is 0.198 e. The van der Waals surface area contributed by atoms with E-state index in [2.05, 4.69) is 38.1 Å². The molecule has 1 heteroatoms. The smallest absolute Gasteiger partial charge is 0.0741 e. The highest BCUT2D eigenvalue weighted by Gasteiger charge is 2.32. The zero-order valence-electron chi connectivity index (χ0n) is 8.75. The van der Waals surface area contributed by atoms with Crippen molar-refractivity contribution >= 4 is 0 Å². The minimum atomic E-state index is 0.133. The Morgan fingerprint density at radius 3 is 2.21 bits per heavy atom. The fraction of sp³-hybridized carbons (Fsp3) is 0.462. The van der Waals surface area contributed by atoms with Crippen molar-refractivity contribution in [2.45, 2.75) is 32.6 Å². The van der Waals surface area contributed by atoms with E-state index in [1.54, 1.807) is 0 Å². The Labute approximate surface area is 85.4 Å². The van der Waals surface area contributed by atoms with Gasteiger partial charge in [0.15, 0.2) is 0 Å². The van der Waals surface area contributed by atoms with Crippen molar-refractivity contribution in [1.82, 2.24) is 0 Å². The Morgan fingerprint density at radius 1 is 1.21 bits per heavy atom. The molecule has 0 amide bonds. The first-order chi connectivity index (χ1) is 6.70. The van der Waals surface area contributed by atoms with Crippen molar-refractivity contribution < 1.29 is 0 Å². The second kappa shape index (κ2) is 3.46. The van der Waals surface area contributed by atoms with E-state index in [0.29, 0.717) is 5.92 Å². The second-order valence-corrected chi connectivity index (χ2v) is 4.37. The quantitative estimate of drug-likeness (QED) is 0.693. The van der Waals surface area contributed by atoms with Crippen LogP contribution in [-0.2, 0) is 0 Å². The first kappa shape index (κ1) is 9.27. The zero-order chi connectivity index (χ0) is 10.1. The minimum absolute atomic E-state index is 0.133. The van der Waals surface area contributed by atoms with E-state index in [9.17, 15) is 0 Å². The third-order valence-electron chi connectivity index (χ3n) is 2.84. The summed E-state index contributed by atoms with van der Waals surface area (Å²) in [6.45, 7) is 4.19. The van der Waals surface area contributed by atoms with Gasteiger partial charge >= 0.3 is 0 Å². The summed E-state index contributed by atoms with van der Waals surface area (Å²) in [5.74, 6) is 0.759. The van der Waals surface area contributed by atoms with Crippen LogP contribution in [0.4, 0.5) is 0 Å². The maximum Gasteiger partial charge on any atom is 0.0741 e. The molecule has 0 bridgehead atoms. The molecule has 0 radical (unpaired) electrons. The molecule has 0 spiro atoms. The SMILES string of the molecule is Cc1cc(C)cc(C(C#N)C2CC2)c1. The lowest BCUT2D eigenvalue weighted by Crippen LogP contribution is -1.99. The predicted molar refractivity (Wildman–Crippen MR) is 57.0 cm³/mol. The fourth-order valence-electron chi connectivity index (χ4n) is 2.07. The first-order valence-corrected chi connectivity index (χ1v) is 5.18. The van der Waals surface area contributed by atoms with Crippen LogP contribution in [-0.4, -0.2) is 0 Å². The van der Waals surface area contributed by atoms with E-state index in [0.717, 1.165) is 0 Å². The summed E-state index contributed by atoms with van der Waals surface area (Å²) >= 11 is 0. The summed E-state index contributed by atoms with van der Waals surface area (Å²) in [6.07, 6.45) is 2.45. The van der Waals surface area contributed by atoms with Gasteiger partial charge in [0, 0.05) is 0 Å². The minimum Gasteiger partial charge on any atom is -0.198 e. The van der Waals surface area contributed by atoms with Crippen molar-refractivity contribution in [2.75, 3.05) is 0 Å². The number of benzene rings is 1. The van der Waals surface area contributed by atoms with Crippen LogP contribution in [0.25, 0.3) is 0 Å². The molecule has 2 rings (SSSR count). The Bertz CT molecular complexity index is 362. The highest BCUT2D eigenvalue weighted by Crippen LogP contribution is 2.42. The number of nitrogens with zero attached hydrogens (tertiary/aromatic N) is 1. The molecular formula is C13H15N. The van der Waals surface area contributed by atoms with Crippen LogP contribution in [0.5, 0.6) is 0 Å². The standard InChI is InChI=1S/C13H15N/c1-9-5-10(2)7-12(6-9)13(8-14)11-3-4-11/h5-7,11,13H,3-4H2,1-2H3. The Morgan fingerprint density at radius 2 is 1.79 bits per heavy atom. The van der Waals surface area contributed by atoms with Gasteiger partial charge in [-0.25, -0.2) is 0 Å². The van der Waals surface area contributed by atoms with Crippen LogP contribution >= 0.6 is 0 Å². The molecule has 1 nitrogen and oxygen atoms in total. The molecule has 0 heterocycles. The summed E-state index contributed by atoms with van der Waals surface area (Å²) in [5.41, 5.74) is 3.74. The molecule has 1 saturated carbocycles. The van der Waals surface area contributed by atoms with E-state index in [4.69, 9.17) is 5.26 Å². The molecular weight excluding hydrogens is 170 g/mol. The molecule has 1 aliphatic carbocycles. The molecule has 1 aromatic rings. The van der Waals surface area contributed by atoms with Gasteiger partial charge in [-0.3, -0.25) is 0 Å². The third kappa shape index (κ3) is 1.80. The van der Waals surface area contributed by atoms with E-state index in [1.807, 2.05) is 0 Å². The number of rotatable bonds is 2. The highest BCUT2D eigenvalue weighted by molar-refractivity contribution is 5.34. The van der Waals surface area contributed by atoms with Crippen LogP contribution in [0, 0.1) is 31.1 Å². The normalized spacial score (nSPS) is 17.5. The summed E-state index contributed by atoms with van der Waals surface area (Å²) in [7, 11) is 0. The van der Waals surface area contributed by atoms with Gasteiger partial charge in [-0.1, -0.05) is 29.3 Å². The Balaban J connectivity index is 2.34. The van der Waals surface area contributed by atoms with Crippen molar-refractivity contribution in [3.63, 3.8) is 0 Å². The number of aryl methyl sites for hydroxylation is 2. The number of nitriles is 1. The van der Waals surface area contributed by atoms with Gasteiger partial charge in [0.2, 0.25) is 0 Å². The van der Waals surface area contributed by atoms with Gasteiger partial charge in [-0.2, -0.15) is 5.26 Å². The molecule has 1 aromatic carbocycles. The maximum absolute atomic E-state index is 9.12. The van der Waals surface area contributed by atoms with Gasteiger partial charge in [0.1, 0.15) is 0 Å². The average Bonchev–Trinajstić information content (AvgIpc) is 2.87. The van der Waals surface area contributed by atoms with Gasteiger partial charge in [-0.05, 0) is 38.2 Å². The topological polar surface area (TPSA) is 23.8 Å². The highest BCUT2D eigenvalue weighted by atomic mass is 14.4. The lowest BCUT2D eigenvalue weighted by molar-refractivity contribution is 0.738. The molecule has 1 fully saturated rings. The van der Waals surface area contributed by atoms with E-state index in [1.165, 1.54) is 29.5 Å². The van der Waals surface area contributed by atoms with Crippen molar-refractivity contribution in [2.24, 2.45) is 5.92 Å². The lowest BCUT2D eigenvalue weighted by atomic mass is 9.93. The Kier molecular flexibility index (Phi) is 2.29. The molecule has 1 atom stereocenters. The van der Waals surface area contributed by atoms with Crippen LogP contribution in [0.15, 0.2) is 18.2 Å². The van der Waals surface area contributed by atoms with Crippen LogP contribution in [0.2, 0.25) is 0 Å². The number of hydrogen-bond acceptors (Lipinski definition) is 1. The first-order valence-electron chi connectivity index (χ1n) is 5.18. The molecule has 14 heavy (non-hydrogen) atoms.